The number of carbonyl (C=O) groups excluding carboxylic acids is 3. The summed E-state index contributed by atoms with van der Waals surface area (Å²) in [5.41, 5.74) is 0.147. The lowest BCUT2D eigenvalue weighted by Gasteiger charge is -2.61. The fourth-order valence-corrected chi connectivity index (χ4v) is 11.8. The lowest BCUT2D eigenvalue weighted by molar-refractivity contribution is -0.220. The predicted octanol–water partition coefficient (Wildman–Crippen LogP) is 1.48. The normalized spacial score (nSPS) is 42.2. The number of amides is 2. The van der Waals surface area contributed by atoms with E-state index in [1.165, 1.54) is 32.1 Å². The van der Waals surface area contributed by atoms with Crippen molar-refractivity contribution in [3.05, 3.63) is 11.8 Å². The van der Waals surface area contributed by atoms with E-state index < -0.39 is 24.2 Å². The van der Waals surface area contributed by atoms with E-state index in [4.69, 9.17) is 14.2 Å². The highest BCUT2D eigenvalue weighted by atomic mass is 19.1. The van der Waals surface area contributed by atoms with Crippen LogP contribution >= 0.6 is 0 Å². The maximum Gasteiger partial charge on any atom is 0.256 e. The number of carbonyl (C=O) groups is 3. The molecule has 8 fully saturated rings. The molecular formula is C39H59FN6O6. The van der Waals surface area contributed by atoms with Crippen LogP contribution in [0, 0.1) is 17.8 Å². The second-order valence-corrected chi connectivity index (χ2v) is 17.3. The van der Waals surface area contributed by atoms with Crippen molar-refractivity contribution in [2.45, 2.75) is 125 Å². The van der Waals surface area contributed by atoms with E-state index in [9.17, 15) is 14.4 Å². The second kappa shape index (κ2) is 15.2. The first-order valence-corrected chi connectivity index (χ1v) is 20.7. The molecule has 13 heteroatoms. The fourth-order valence-electron chi connectivity index (χ4n) is 11.8. The number of ketones is 1. The molecule has 12 atom stereocenters. The van der Waals surface area contributed by atoms with E-state index in [1.54, 1.807) is 0 Å². The number of ether oxygens (including phenoxy) is 3. The quantitative estimate of drug-likeness (QED) is 0.339. The maximum absolute atomic E-state index is 16.8. The van der Waals surface area contributed by atoms with Crippen molar-refractivity contribution in [3.63, 3.8) is 0 Å². The number of hydrogen-bond donors (Lipinski definition) is 2. The van der Waals surface area contributed by atoms with E-state index >= 15 is 4.39 Å². The van der Waals surface area contributed by atoms with E-state index in [2.05, 4.69) is 30.2 Å². The molecule has 6 heterocycles. The number of Topliss-reactive ketones (excluding diaryl/α,β-unsaturated/α-hetero) is 1. The third-order valence-corrected chi connectivity index (χ3v) is 14.3. The number of fused-ring (bicyclic) bond motifs is 5. The molecule has 0 bridgehead atoms. The Kier molecular flexibility index (Phi) is 10.4. The molecule has 2 amide bonds. The van der Waals surface area contributed by atoms with Crippen LogP contribution in [-0.2, 0) is 28.6 Å². The van der Waals surface area contributed by atoms with Crippen LogP contribution in [0.5, 0.6) is 0 Å². The van der Waals surface area contributed by atoms with Gasteiger partial charge in [0.05, 0.1) is 61.3 Å². The van der Waals surface area contributed by atoms with Crippen LogP contribution in [0.3, 0.4) is 0 Å². The zero-order valence-electron chi connectivity index (χ0n) is 30.7. The van der Waals surface area contributed by atoms with Gasteiger partial charge in [0, 0.05) is 70.4 Å². The summed E-state index contributed by atoms with van der Waals surface area (Å²) in [5.74, 6) is -0.252. The summed E-state index contributed by atoms with van der Waals surface area (Å²) in [6.45, 7) is 8.34. The highest BCUT2D eigenvalue weighted by molar-refractivity contribution is 6.20. The molecule has 3 aliphatic carbocycles. The summed E-state index contributed by atoms with van der Waals surface area (Å²) in [6, 6.07) is -0.919. The van der Waals surface area contributed by atoms with Crippen LogP contribution in [0.15, 0.2) is 11.8 Å². The third-order valence-electron chi connectivity index (χ3n) is 14.3. The molecule has 3 saturated carbocycles. The molecule has 0 spiro atoms. The zero-order chi connectivity index (χ0) is 35.3. The van der Waals surface area contributed by atoms with Crippen LogP contribution in [-0.4, -0.2) is 164 Å². The van der Waals surface area contributed by atoms with E-state index in [1.807, 2.05) is 6.20 Å². The molecule has 0 aromatic rings. The Hall–Kier alpha value is -2.16. The van der Waals surface area contributed by atoms with Crippen molar-refractivity contribution in [1.29, 1.82) is 0 Å². The van der Waals surface area contributed by atoms with Gasteiger partial charge in [-0.25, -0.2) is 4.39 Å². The molecular weight excluding hydrogens is 667 g/mol. The first kappa shape index (κ1) is 35.5. The van der Waals surface area contributed by atoms with Gasteiger partial charge >= 0.3 is 0 Å². The summed E-state index contributed by atoms with van der Waals surface area (Å²) >= 11 is 0. The molecule has 0 radical (unpaired) electrons. The number of likely N-dealkylation sites (tertiary alicyclic amines) is 2. The second-order valence-electron chi connectivity index (χ2n) is 17.3. The van der Waals surface area contributed by atoms with Crippen molar-refractivity contribution in [3.8, 4) is 0 Å². The number of alkyl halides is 1. The molecule has 9 aliphatic rings. The van der Waals surface area contributed by atoms with Gasteiger partial charge in [-0.3, -0.25) is 24.2 Å². The topological polar surface area (TPSA) is 116 Å². The predicted molar refractivity (Wildman–Crippen MR) is 190 cm³/mol. The molecule has 0 aromatic heterocycles. The van der Waals surface area contributed by atoms with E-state index in [0.29, 0.717) is 63.8 Å². The van der Waals surface area contributed by atoms with Gasteiger partial charge in [-0.2, -0.15) is 0 Å². The highest BCUT2D eigenvalue weighted by Crippen LogP contribution is 2.53. The molecule has 12 nitrogen and oxygen atoms in total. The van der Waals surface area contributed by atoms with Gasteiger partial charge in [0.1, 0.15) is 6.17 Å². The number of morpholine rings is 2. The Morgan fingerprint density at radius 2 is 1.63 bits per heavy atom. The molecule has 9 rings (SSSR count). The Labute approximate surface area is 307 Å². The lowest BCUT2D eigenvalue weighted by Crippen LogP contribution is -2.73. The number of hydrogen-bond acceptors (Lipinski definition) is 10. The Morgan fingerprint density at radius 1 is 0.827 bits per heavy atom. The summed E-state index contributed by atoms with van der Waals surface area (Å²) in [6.07, 6.45) is 10.5. The minimum atomic E-state index is -1.28. The molecule has 11 unspecified atom stereocenters. The SMILES string of the molecule is O=C(CCN1CCCC1)N[C@@H]1CCN(C2C(F)CC3C(=O)C(C(=O)NCCN4CCOCC4)=CN4C5CC6OC7CCCCC7C6CC5OC2C34)C1. The van der Waals surface area contributed by atoms with Gasteiger partial charge in [-0.1, -0.05) is 12.8 Å². The van der Waals surface area contributed by atoms with Crippen molar-refractivity contribution in [1.82, 2.24) is 30.2 Å². The molecule has 0 aromatic carbocycles. The standard InChI is InChI=1S/C39H59FN6O6/c40-29-19-27-35-38(36(29)45-13-7-24(22-45)42-34(47)8-12-43-10-3-4-11-43)52-33-20-26-25-5-1-2-6-31(25)51-32(26)21-30(33)46(35)23-28(37(27)48)39(49)41-9-14-44-15-17-50-18-16-44/h23-27,29-33,35-36,38H,1-22H2,(H,41,49)(H,42,47)/t24-,25?,26?,27?,29?,30?,31?,32?,33?,35?,36?,38?/m1/s1. The molecule has 6 aliphatic heterocycles. The molecule has 2 N–H and O–H groups in total. The van der Waals surface area contributed by atoms with Gasteiger partial charge < -0.3 is 34.6 Å². The smallest absolute Gasteiger partial charge is 0.256 e. The number of nitrogens with one attached hydrogen (secondary N) is 2. The van der Waals surface area contributed by atoms with Crippen LogP contribution in [0.2, 0.25) is 0 Å². The van der Waals surface area contributed by atoms with Gasteiger partial charge in [-0.05, 0) is 76.3 Å². The summed E-state index contributed by atoms with van der Waals surface area (Å²) in [4.78, 5) is 50.0. The average molecular weight is 727 g/mol. The van der Waals surface area contributed by atoms with Gasteiger partial charge in [0.25, 0.3) is 5.91 Å². The van der Waals surface area contributed by atoms with Gasteiger partial charge in [0.2, 0.25) is 5.91 Å². The highest BCUT2D eigenvalue weighted by Gasteiger charge is 2.62. The lowest BCUT2D eigenvalue weighted by atomic mass is 9.67. The zero-order valence-corrected chi connectivity index (χ0v) is 30.7. The Bertz CT molecular complexity index is 1370. The van der Waals surface area contributed by atoms with E-state index in [0.717, 1.165) is 58.4 Å². The fraction of sp³-hybridized carbons (Fsp3) is 0.872. The summed E-state index contributed by atoms with van der Waals surface area (Å²) in [7, 11) is 0. The van der Waals surface area contributed by atoms with Crippen molar-refractivity contribution in [2.24, 2.45) is 17.8 Å². The minimum absolute atomic E-state index is 0.0293. The van der Waals surface area contributed by atoms with Crippen molar-refractivity contribution >= 4 is 17.6 Å². The minimum Gasteiger partial charge on any atom is -0.379 e. The van der Waals surface area contributed by atoms with Crippen molar-refractivity contribution in [2.75, 3.05) is 72.1 Å². The van der Waals surface area contributed by atoms with Crippen LogP contribution in [0.25, 0.3) is 0 Å². The van der Waals surface area contributed by atoms with Gasteiger partial charge in [0.15, 0.2) is 5.78 Å². The molecule has 52 heavy (non-hydrogen) atoms. The number of rotatable bonds is 9. The van der Waals surface area contributed by atoms with Crippen molar-refractivity contribution < 1.29 is 33.0 Å². The van der Waals surface area contributed by atoms with Crippen LogP contribution in [0.1, 0.15) is 70.6 Å². The Morgan fingerprint density at radius 3 is 2.48 bits per heavy atom. The molecule has 5 saturated heterocycles. The number of nitrogens with zero attached hydrogens (tertiary/aromatic N) is 4. The summed E-state index contributed by atoms with van der Waals surface area (Å²) < 4.78 is 36.1. The monoisotopic (exact) mass is 726 g/mol. The molecule has 288 valence electrons. The van der Waals surface area contributed by atoms with E-state index in [-0.39, 0.29) is 59.9 Å². The first-order chi connectivity index (χ1) is 25.4. The third kappa shape index (κ3) is 6.84. The first-order valence-electron chi connectivity index (χ1n) is 20.7. The maximum atomic E-state index is 16.8. The Balaban J connectivity index is 0.937. The van der Waals surface area contributed by atoms with Crippen LogP contribution in [0.4, 0.5) is 4.39 Å². The average Bonchev–Trinajstić information content (AvgIpc) is 3.92. The largest absolute Gasteiger partial charge is 0.379 e. The summed E-state index contributed by atoms with van der Waals surface area (Å²) in [5, 5.41) is 6.27. The van der Waals surface area contributed by atoms with Gasteiger partial charge in [-0.15, -0.1) is 0 Å². The number of halogens is 1. The van der Waals surface area contributed by atoms with Crippen LogP contribution < -0.4 is 10.6 Å².